The van der Waals surface area contributed by atoms with Crippen LogP contribution in [0.1, 0.15) is 5.56 Å². The fourth-order valence-electron chi connectivity index (χ4n) is 2.27. The minimum Gasteiger partial charge on any atom is -0.411 e. The van der Waals surface area contributed by atoms with Gasteiger partial charge in [0.1, 0.15) is 0 Å². The standard InChI is InChI=1S/C19H19ClN4O2S/c1-24(2)16-9-3-13(4-10-16)11-21-17(25)12-27-19-23-22-18(26-19)14-5-7-15(20)8-6-14/h3-10H,11-12H2,1-2H3,(H,21,25). The number of benzene rings is 2. The largest absolute Gasteiger partial charge is 0.411 e. The van der Waals surface area contributed by atoms with Crippen molar-refractivity contribution in [2.45, 2.75) is 11.8 Å². The van der Waals surface area contributed by atoms with Crippen LogP contribution in [0.15, 0.2) is 58.2 Å². The van der Waals surface area contributed by atoms with Crippen LogP contribution in [0.3, 0.4) is 0 Å². The van der Waals surface area contributed by atoms with Gasteiger partial charge in [-0.05, 0) is 42.0 Å². The second kappa shape index (κ2) is 8.92. The first kappa shape index (κ1) is 19.3. The highest BCUT2D eigenvalue weighted by molar-refractivity contribution is 7.99. The summed E-state index contributed by atoms with van der Waals surface area (Å²) in [4.78, 5) is 14.1. The monoisotopic (exact) mass is 402 g/mol. The van der Waals surface area contributed by atoms with Gasteiger partial charge in [0.25, 0.3) is 5.22 Å². The number of hydrogen-bond acceptors (Lipinski definition) is 6. The average molecular weight is 403 g/mol. The number of thioether (sulfide) groups is 1. The van der Waals surface area contributed by atoms with Crippen molar-refractivity contribution in [2.24, 2.45) is 0 Å². The fourth-order valence-corrected chi connectivity index (χ4v) is 2.99. The quantitative estimate of drug-likeness (QED) is 0.605. The van der Waals surface area contributed by atoms with E-state index in [2.05, 4.69) is 15.5 Å². The summed E-state index contributed by atoms with van der Waals surface area (Å²) < 4.78 is 5.57. The van der Waals surface area contributed by atoms with Gasteiger partial charge >= 0.3 is 0 Å². The van der Waals surface area contributed by atoms with Crippen molar-refractivity contribution in [1.82, 2.24) is 15.5 Å². The van der Waals surface area contributed by atoms with E-state index in [-0.39, 0.29) is 11.7 Å². The summed E-state index contributed by atoms with van der Waals surface area (Å²) in [7, 11) is 3.98. The smallest absolute Gasteiger partial charge is 0.277 e. The number of nitrogens with one attached hydrogen (secondary N) is 1. The zero-order chi connectivity index (χ0) is 19.2. The molecule has 8 heteroatoms. The van der Waals surface area contributed by atoms with Gasteiger partial charge in [0, 0.05) is 36.9 Å². The average Bonchev–Trinajstić information content (AvgIpc) is 3.14. The van der Waals surface area contributed by atoms with Gasteiger partial charge in [-0.3, -0.25) is 4.79 Å². The van der Waals surface area contributed by atoms with Crippen LogP contribution in [0.4, 0.5) is 5.69 Å². The third-order valence-corrected chi connectivity index (χ3v) is 4.84. The molecule has 0 bridgehead atoms. The van der Waals surface area contributed by atoms with Crippen molar-refractivity contribution < 1.29 is 9.21 Å². The lowest BCUT2D eigenvalue weighted by atomic mass is 10.2. The molecule has 0 saturated heterocycles. The highest BCUT2D eigenvalue weighted by Crippen LogP contribution is 2.24. The Hall–Kier alpha value is -2.51. The molecule has 140 valence electrons. The molecule has 3 rings (SSSR count). The minimum absolute atomic E-state index is 0.0945. The normalized spacial score (nSPS) is 10.6. The SMILES string of the molecule is CN(C)c1ccc(CNC(=O)CSc2nnc(-c3ccc(Cl)cc3)o2)cc1. The number of nitrogens with zero attached hydrogens (tertiary/aromatic N) is 3. The summed E-state index contributed by atoms with van der Waals surface area (Å²) in [6.45, 7) is 0.479. The predicted octanol–water partition coefficient (Wildman–Crippen LogP) is 3.86. The number of aromatic nitrogens is 2. The summed E-state index contributed by atoms with van der Waals surface area (Å²) in [6.07, 6.45) is 0. The van der Waals surface area contributed by atoms with Crippen molar-refractivity contribution in [1.29, 1.82) is 0 Å². The lowest BCUT2D eigenvalue weighted by Gasteiger charge is -2.12. The van der Waals surface area contributed by atoms with Crippen LogP contribution in [-0.2, 0) is 11.3 Å². The van der Waals surface area contributed by atoms with Crippen LogP contribution in [0, 0.1) is 0 Å². The van der Waals surface area contributed by atoms with Gasteiger partial charge < -0.3 is 14.6 Å². The molecule has 3 aromatic rings. The van der Waals surface area contributed by atoms with Crippen molar-refractivity contribution in [3.8, 4) is 11.5 Å². The maximum absolute atomic E-state index is 12.0. The second-order valence-corrected chi connectivity index (χ2v) is 7.37. The highest BCUT2D eigenvalue weighted by Gasteiger charge is 2.11. The first-order chi connectivity index (χ1) is 13.0. The Morgan fingerprint density at radius 2 is 1.81 bits per heavy atom. The number of amides is 1. The van der Waals surface area contributed by atoms with Crippen molar-refractivity contribution in [3.63, 3.8) is 0 Å². The van der Waals surface area contributed by atoms with Gasteiger partial charge in [0.15, 0.2) is 0 Å². The molecule has 0 unspecified atom stereocenters. The maximum Gasteiger partial charge on any atom is 0.277 e. The summed E-state index contributed by atoms with van der Waals surface area (Å²) in [5.41, 5.74) is 2.94. The molecule has 0 radical (unpaired) electrons. The van der Waals surface area contributed by atoms with Gasteiger partial charge in [-0.2, -0.15) is 0 Å². The summed E-state index contributed by atoms with van der Waals surface area (Å²) in [5.74, 6) is 0.511. The molecule has 27 heavy (non-hydrogen) atoms. The number of carbonyl (C=O) groups is 1. The fraction of sp³-hybridized carbons (Fsp3) is 0.211. The molecule has 2 aromatic carbocycles. The number of anilines is 1. The Bertz CT molecular complexity index is 895. The van der Waals surface area contributed by atoms with E-state index >= 15 is 0 Å². The van der Waals surface area contributed by atoms with Crippen LogP contribution in [0.2, 0.25) is 5.02 Å². The molecule has 0 aliphatic carbocycles. The van der Waals surface area contributed by atoms with Crippen molar-refractivity contribution in [2.75, 3.05) is 24.7 Å². The van der Waals surface area contributed by atoms with Crippen LogP contribution in [0.5, 0.6) is 0 Å². The van der Waals surface area contributed by atoms with Crippen molar-refractivity contribution in [3.05, 3.63) is 59.1 Å². The van der Waals surface area contributed by atoms with Gasteiger partial charge in [0.05, 0.1) is 5.75 Å². The summed E-state index contributed by atoms with van der Waals surface area (Å²) in [5, 5.41) is 11.8. The number of halogens is 1. The predicted molar refractivity (Wildman–Crippen MR) is 108 cm³/mol. The molecule has 1 aromatic heterocycles. The first-order valence-corrected chi connectivity index (χ1v) is 9.63. The third-order valence-electron chi connectivity index (χ3n) is 3.77. The lowest BCUT2D eigenvalue weighted by Crippen LogP contribution is -2.24. The summed E-state index contributed by atoms with van der Waals surface area (Å²) >= 11 is 7.07. The molecule has 0 aliphatic heterocycles. The second-order valence-electron chi connectivity index (χ2n) is 6.01. The molecule has 0 saturated carbocycles. The molecule has 6 nitrogen and oxygen atoms in total. The molecule has 1 N–H and O–H groups in total. The Morgan fingerprint density at radius 1 is 1.11 bits per heavy atom. The lowest BCUT2D eigenvalue weighted by molar-refractivity contribution is -0.118. The third kappa shape index (κ3) is 5.48. The molecule has 1 amide bonds. The molecule has 0 aliphatic rings. The molecular formula is C19H19ClN4O2S. The molecule has 0 atom stereocenters. The van der Waals surface area contributed by atoms with E-state index in [1.165, 1.54) is 11.8 Å². The van der Waals surface area contributed by atoms with E-state index in [1.54, 1.807) is 24.3 Å². The molecule has 0 spiro atoms. The van der Waals surface area contributed by atoms with Gasteiger partial charge in [-0.1, -0.05) is 35.5 Å². The highest BCUT2D eigenvalue weighted by atomic mass is 35.5. The van der Waals surface area contributed by atoms with Crippen LogP contribution < -0.4 is 10.2 Å². The summed E-state index contributed by atoms with van der Waals surface area (Å²) in [6, 6.07) is 15.2. The molecule has 1 heterocycles. The van der Waals surface area contributed by atoms with E-state index in [1.807, 2.05) is 43.3 Å². The van der Waals surface area contributed by atoms with E-state index in [4.69, 9.17) is 16.0 Å². The van der Waals surface area contributed by atoms with Crippen LogP contribution in [-0.4, -0.2) is 36.0 Å². The number of rotatable bonds is 7. The zero-order valence-electron chi connectivity index (χ0n) is 15.0. The minimum atomic E-state index is -0.0945. The van der Waals surface area contributed by atoms with E-state index in [9.17, 15) is 4.79 Å². The van der Waals surface area contributed by atoms with Gasteiger partial charge in [0.2, 0.25) is 11.8 Å². The number of hydrogen-bond donors (Lipinski definition) is 1. The van der Waals surface area contributed by atoms with Gasteiger partial charge in [-0.25, -0.2) is 0 Å². The van der Waals surface area contributed by atoms with Crippen LogP contribution in [0.25, 0.3) is 11.5 Å². The Morgan fingerprint density at radius 3 is 2.48 bits per heavy atom. The Labute approximate surface area is 166 Å². The first-order valence-electron chi connectivity index (χ1n) is 8.26. The molecular weight excluding hydrogens is 384 g/mol. The zero-order valence-corrected chi connectivity index (χ0v) is 16.5. The van der Waals surface area contributed by atoms with E-state index in [0.29, 0.717) is 22.7 Å². The van der Waals surface area contributed by atoms with E-state index < -0.39 is 0 Å². The van der Waals surface area contributed by atoms with E-state index in [0.717, 1.165) is 16.8 Å². The van der Waals surface area contributed by atoms with Crippen LogP contribution >= 0.6 is 23.4 Å². The van der Waals surface area contributed by atoms with Crippen molar-refractivity contribution >= 4 is 35.0 Å². The molecule has 0 fully saturated rings. The Kier molecular flexibility index (Phi) is 6.36. The Balaban J connectivity index is 1.47. The van der Waals surface area contributed by atoms with Gasteiger partial charge in [-0.15, -0.1) is 10.2 Å². The number of carbonyl (C=O) groups excluding carboxylic acids is 1. The topological polar surface area (TPSA) is 71.3 Å². The maximum atomic E-state index is 12.0.